The third kappa shape index (κ3) is 4.86. The predicted octanol–water partition coefficient (Wildman–Crippen LogP) is 3.18. The fourth-order valence-electron chi connectivity index (χ4n) is 2.88. The van der Waals surface area contributed by atoms with Gasteiger partial charge in [0.05, 0.1) is 5.01 Å². The Morgan fingerprint density at radius 1 is 1.26 bits per heavy atom. The van der Waals surface area contributed by atoms with Crippen LogP contribution in [0.3, 0.4) is 0 Å². The topological polar surface area (TPSA) is 36.4 Å². The standard InChI is InChI=1S/C17H23N3OS2/c1-14-18-12-16(23-14)13-19-7-9-20(10-8-19)17(21)6-2-4-15-5-3-11-22-15/h3,5,11-12H,2,4,6-10,13H2,1H3. The minimum Gasteiger partial charge on any atom is -0.340 e. The van der Waals surface area contributed by atoms with E-state index in [-0.39, 0.29) is 0 Å². The fraction of sp³-hybridized carbons (Fsp3) is 0.529. The predicted molar refractivity (Wildman–Crippen MR) is 96.0 cm³/mol. The molecule has 0 unspecified atom stereocenters. The number of thiazole rings is 1. The molecule has 2 aromatic rings. The minimum absolute atomic E-state index is 0.315. The first-order valence-electron chi connectivity index (χ1n) is 8.14. The first kappa shape index (κ1) is 16.6. The van der Waals surface area contributed by atoms with Crippen LogP contribution in [0.15, 0.2) is 23.7 Å². The zero-order chi connectivity index (χ0) is 16.1. The maximum Gasteiger partial charge on any atom is 0.222 e. The molecule has 0 radical (unpaired) electrons. The number of hydrogen-bond acceptors (Lipinski definition) is 5. The highest BCUT2D eigenvalue weighted by Crippen LogP contribution is 2.16. The molecule has 0 N–H and O–H groups in total. The van der Waals surface area contributed by atoms with Crippen molar-refractivity contribution in [1.82, 2.24) is 14.8 Å². The number of nitrogens with zero attached hydrogens (tertiary/aromatic N) is 3. The Morgan fingerprint density at radius 3 is 2.74 bits per heavy atom. The van der Waals surface area contributed by atoms with Crippen LogP contribution >= 0.6 is 22.7 Å². The van der Waals surface area contributed by atoms with Crippen LogP contribution < -0.4 is 0 Å². The number of carbonyl (C=O) groups excluding carboxylic acids is 1. The van der Waals surface area contributed by atoms with E-state index in [4.69, 9.17) is 0 Å². The third-order valence-electron chi connectivity index (χ3n) is 4.17. The van der Waals surface area contributed by atoms with Gasteiger partial charge in [-0.2, -0.15) is 0 Å². The van der Waals surface area contributed by atoms with Crippen LogP contribution in [0.4, 0.5) is 0 Å². The van der Waals surface area contributed by atoms with Crippen LogP contribution in [0.2, 0.25) is 0 Å². The summed E-state index contributed by atoms with van der Waals surface area (Å²) in [5, 5.41) is 3.22. The van der Waals surface area contributed by atoms with Gasteiger partial charge in [-0.25, -0.2) is 4.98 Å². The van der Waals surface area contributed by atoms with Crippen LogP contribution in [-0.4, -0.2) is 46.9 Å². The molecule has 1 aliphatic heterocycles. The van der Waals surface area contributed by atoms with Crippen LogP contribution in [0.1, 0.15) is 27.6 Å². The molecule has 0 aliphatic carbocycles. The summed E-state index contributed by atoms with van der Waals surface area (Å²) in [6.45, 7) is 6.65. The van der Waals surface area contributed by atoms with Crippen molar-refractivity contribution in [3.63, 3.8) is 0 Å². The van der Waals surface area contributed by atoms with Crippen molar-refractivity contribution >= 4 is 28.6 Å². The van der Waals surface area contributed by atoms with Gasteiger partial charge in [-0.3, -0.25) is 9.69 Å². The van der Waals surface area contributed by atoms with Crippen LogP contribution in [0, 0.1) is 6.92 Å². The van der Waals surface area contributed by atoms with Gasteiger partial charge >= 0.3 is 0 Å². The normalized spacial score (nSPS) is 16.0. The molecule has 3 heterocycles. The number of hydrogen-bond donors (Lipinski definition) is 0. The second kappa shape index (κ2) is 8.04. The number of rotatable bonds is 6. The molecule has 1 amide bonds. The summed E-state index contributed by atoms with van der Waals surface area (Å²) in [6, 6.07) is 4.22. The molecule has 2 aromatic heterocycles. The minimum atomic E-state index is 0.315. The van der Waals surface area contributed by atoms with E-state index in [1.165, 1.54) is 9.75 Å². The lowest BCUT2D eigenvalue weighted by Gasteiger charge is -2.34. The Kier molecular flexibility index (Phi) is 5.80. The summed E-state index contributed by atoms with van der Waals surface area (Å²) < 4.78 is 0. The molecule has 1 saturated heterocycles. The van der Waals surface area contributed by atoms with Crippen molar-refractivity contribution in [2.45, 2.75) is 32.7 Å². The van der Waals surface area contributed by atoms with Gasteiger partial charge in [0.25, 0.3) is 0 Å². The molecular formula is C17H23N3OS2. The molecule has 0 saturated carbocycles. The van der Waals surface area contributed by atoms with Crippen molar-refractivity contribution in [1.29, 1.82) is 0 Å². The zero-order valence-electron chi connectivity index (χ0n) is 13.5. The highest BCUT2D eigenvalue weighted by Gasteiger charge is 2.21. The summed E-state index contributed by atoms with van der Waals surface area (Å²) in [7, 11) is 0. The van der Waals surface area contributed by atoms with Crippen molar-refractivity contribution in [3.05, 3.63) is 38.5 Å². The molecule has 3 rings (SSSR count). The van der Waals surface area contributed by atoms with Gasteiger partial charge in [0.1, 0.15) is 0 Å². The number of aromatic nitrogens is 1. The summed E-state index contributed by atoms with van der Waals surface area (Å²) in [6.07, 6.45) is 4.63. The first-order chi connectivity index (χ1) is 11.2. The Bertz CT molecular complexity index is 616. The smallest absolute Gasteiger partial charge is 0.222 e. The van der Waals surface area contributed by atoms with E-state index in [0.717, 1.165) is 50.6 Å². The van der Waals surface area contributed by atoms with Gasteiger partial charge in [0.15, 0.2) is 0 Å². The number of thiophene rings is 1. The average molecular weight is 350 g/mol. The fourth-order valence-corrected chi connectivity index (χ4v) is 4.47. The Morgan fingerprint density at radius 2 is 2.09 bits per heavy atom. The first-order valence-corrected chi connectivity index (χ1v) is 9.84. The molecular weight excluding hydrogens is 326 g/mol. The van der Waals surface area contributed by atoms with E-state index in [1.807, 2.05) is 18.0 Å². The molecule has 0 bridgehead atoms. The number of aryl methyl sites for hydroxylation is 2. The van der Waals surface area contributed by atoms with Crippen molar-refractivity contribution in [2.75, 3.05) is 26.2 Å². The SMILES string of the molecule is Cc1ncc(CN2CCN(C(=O)CCCc3cccs3)CC2)s1. The molecule has 0 spiro atoms. The van der Waals surface area contributed by atoms with E-state index in [9.17, 15) is 4.79 Å². The molecule has 124 valence electrons. The second-order valence-electron chi connectivity index (χ2n) is 5.94. The highest BCUT2D eigenvalue weighted by molar-refractivity contribution is 7.11. The van der Waals surface area contributed by atoms with Gasteiger partial charge in [-0.15, -0.1) is 22.7 Å². The second-order valence-corrected chi connectivity index (χ2v) is 8.29. The summed E-state index contributed by atoms with van der Waals surface area (Å²) >= 11 is 3.54. The largest absolute Gasteiger partial charge is 0.340 e. The molecule has 0 atom stereocenters. The molecule has 4 nitrogen and oxygen atoms in total. The summed E-state index contributed by atoms with van der Waals surface area (Å²) in [4.78, 5) is 23.8. The van der Waals surface area contributed by atoms with E-state index in [1.54, 1.807) is 22.7 Å². The van der Waals surface area contributed by atoms with Crippen molar-refractivity contribution < 1.29 is 4.79 Å². The van der Waals surface area contributed by atoms with Gasteiger partial charge in [-0.05, 0) is 31.2 Å². The molecule has 0 aromatic carbocycles. The zero-order valence-corrected chi connectivity index (χ0v) is 15.2. The van der Waals surface area contributed by atoms with Crippen molar-refractivity contribution in [3.8, 4) is 0 Å². The lowest BCUT2D eigenvalue weighted by molar-refractivity contribution is -0.133. The summed E-state index contributed by atoms with van der Waals surface area (Å²) in [5.41, 5.74) is 0. The van der Waals surface area contributed by atoms with Crippen LogP contribution in [0.25, 0.3) is 0 Å². The van der Waals surface area contributed by atoms with Gasteiger partial charge in [-0.1, -0.05) is 6.07 Å². The van der Waals surface area contributed by atoms with E-state index in [0.29, 0.717) is 12.3 Å². The number of carbonyl (C=O) groups is 1. The van der Waals surface area contributed by atoms with Gasteiger partial charge < -0.3 is 4.90 Å². The molecule has 23 heavy (non-hydrogen) atoms. The lowest BCUT2D eigenvalue weighted by Crippen LogP contribution is -2.48. The quantitative estimate of drug-likeness (QED) is 0.804. The lowest BCUT2D eigenvalue weighted by atomic mass is 10.2. The Labute approximate surface area is 145 Å². The average Bonchev–Trinajstić information content (AvgIpc) is 3.20. The number of amides is 1. The van der Waals surface area contributed by atoms with E-state index >= 15 is 0 Å². The molecule has 1 aliphatic rings. The Balaban J connectivity index is 1.37. The van der Waals surface area contributed by atoms with E-state index in [2.05, 4.69) is 27.4 Å². The maximum absolute atomic E-state index is 12.3. The Hall–Kier alpha value is -1.24. The van der Waals surface area contributed by atoms with Crippen molar-refractivity contribution in [2.24, 2.45) is 0 Å². The van der Waals surface area contributed by atoms with E-state index < -0.39 is 0 Å². The van der Waals surface area contributed by atoms with Gasteiger partial charge in [0, 0.05) is 55.1 Å². The third-order valence-corrected chi connectivity index (χ3v) is 6.00. The number of piperazine rings is 1. The summed E-state index contributed by atoms with van der Waals surface area (Å²) in [5.74, 6) is 0.315. The van der Waals surface area contributed by atoms with Crippen LogP contribution in [-0.2, 0) is 17.8 Å². The highest BCUT2D eigenvalue weighted by atomic mass is 32.1. The maximum atomic E-state index is 12.3. The van der Waals surface area contributed by atoms with Crippen LogP contribution in [0.5, 0.6) is 0 Å². The molecule has 6 heteroatoms. The monoisotopic (exact) mass is 349 g/mol. The van der Waals surface area contributed by atoms with Gasteiger partial charge in [0.2, 0.25) is 5.91 Å². The molecule has 1 fully saturated rings.